The molecule has 1 aliphatic heterocycles. The van der Waals surface area contributed by atoms with E-state index in [0.29, 0.717) is 37.0 Å². The minimum atomic E-state index is -0.379. The van der Waals surface area contributed by atoms with E-state index < -0.39 is 0 Å². The number of ether oxygens (including phenoxy) is 2. The molecule has 1 aromatic carbocycles. The minimum absolute atomic E-state index is 0.0465. The van der Waals surface area contributed by atoms with Gasteiger partial charge in [0.1, 0.15) is 12.4 Å². The number of para-hydroxylation sites is 2. The first-order valence-electron chi connectivity index (χ1n) is 8.43. The van der Waals surface area contributed by atoms with E-state index in [-0.39, 0.29) is 24.2 Å². The predicted octanol–water partition coefficient (Wildman–Crippen LogP) is 1.96. The van der Waals surface area contributed by atoms with E-state index in [1.807, 2.05) is 24.3 Å². The maximum absolute atomic E-state index is 12.3. The summed E-state index contributed by atoms with van der Waals surface area (Å²) in [7, 11) is 1.58. The molecule has 2 aromatic rings. The first-order valence-corrected chi connectivity index (χ1v) is 8.43. The Balaban J connectivity index is 1.49. The zero-order chi connectivity index (χ0) is 18.4. The molecule has 0 radical (unpaired) electrons. The number of rotatable bonds is 7. The summed E-state index contributed by atoms with van der Waals surface area (Å²) in [5, 5.41) is 2.75. The van der Waals surface area contributed by atoms with Crippen LogP contribution >= 0.6 is 0 Å². The number of amides is 2. The topological polar surface area (TPSA) is 80.8 Å². The molecule has 0 saturated carbocycles. The highest BCUT2D eigenvalue weighted by Gasteiger charge is 2.34. The van der Waals surface area contributed by atoms with Crippen LogP contribution in [0.25, 0.3) is 0 Å². The van der Waals surface area contributed by atoms with Crippen molar-refractivity contribution in [3.8, 4) is 11.5 Å². The number of hydrogen-bond acceptors (Lipinski definition) is 5. The molecule has 3 rings (SSSR count). The molecule has 0 aliphatic carbocycles. The fourth-order valence-electron chi connectivity index (χ4n) is 2.83. The van der Waals surface area contributed by atoms with E-state index in [0.717, 1.165) is 0 Å². The van der Waals surface area contributed by atoms with Crippen LogP contribution in [-0.4, -0.2) is 48.5 Å². The van der Waals surface area contributed by atoms with E-state index in [1.54, 1.807) is 36.4 Å². The van der Waals surface area contributed by atoms with Crippen LogP contribution in [0.15, 0.2) is 48.7 Å². The third kappa shape index (κ3) is 4.30. The Kier molecular flexibility index (Phi) is 5.68. The molecule has 2 amide bonds. The smallest absolute Gasteiger partial charge is 0.230 e. The van der Waals surface area contributed by atoms with E-state index in [9.17, 15) is 9.59 Å². The Morgan fingerprint density at radius 3 is 2.73 bits per heavy atom. The number of benzene rings is 1. The molecule has 1 fully saturated rings. The van der Waals surface area contributed by atoms with Gasteiger partial charge in [-0.05, 0) is 24.3 Å². The van der Waals surface area contributed by atoms with E-state index in [1.165, 1.54) is 0 Å². The van der Waals surface area contributed by atoms with Gasteiger partial charge < -0.3 is 19.7 Å². The highest BCUT2D eigenvalue weighted by atomic mass is 16.5. The SMILES string of the molecule is COc1ccccc1OCCN1C[C@H](C(=O)Nc2ccccn2)CC1=O. The van der Waals surface area contributed by atoms with Gasteiger partial charge in [-0.3, -0.25) is 9.59 Å². The number of hydrogen-bond donors (Lipinski definition) is 1. The number of pyridine rings is 1. The molecule has 26 heavy (non-hydrogen) atoms. The van der Waals surface area contributed by atoms with Crippen molar-refractivity contribution >= 4 is 17.6 Å². The third-order valence-corrected chi connectivity index (χ3v) is 4.19. The molecule has 1 N–H and O–H groups in total. The van der Waals surface area contributed by atoms with Gasteiger partial charge in [0, 0.05) is 19.2 Å². The first-order chi connectivity index (χ1) is 12.7. The maximum Gasteiger partial charge on any atom is 0.230 e. The predicted molar refractivity (Wildman–Crippen MR) is 96.0 cm³/mol. The summed E-state index contributed by atoms with van der Waals surface area (Å²) >= 11 is 0. The van der Waals surface area contributed by atoms with E-state index in [2.05, 4.69) is 10.3 Å². The summed E-state index contributed by atoms with van der Waals surface area (Å²) in [5.41, 5.74) is 0. The van der Waals surface area contributed by atoms with Gasteiger partial charge in [0.2, 0.25) is 11.8 Å². The highest BCUT2D eigenvalue weighted by molar-refractivity contribution is 5.96. The summed E-state index contributed by atoms with van der Waals surface area (Å²) in [6.45, 7) is 1.14. The summed E-state index contributed by atoms with van der Waals surface area (Å²) in [6, 6.07) is 12.6. The molecular weight excluding hydrogens is 334 g/mol. The van der Waals surface area contributed by atoms with Crippen molar-refractivity contribution in [2.24, 2.45) is 5.92 Å². The third-order valence-electron chi connectivity index (χ3n) is 4.19. The largest absolute Gasteiger partial charge is 0.493 e. The van der Waals surface area contributed by atoms with Crippen LogP contribution in [-0.2, 0) is 9.59 Å². The summed E-state index contributed by atoms with van der Waals surface area (Å²) in [6.07, 6.45) is 1.81. The first kappa shape index (κ1) is 17.7. The van der Waals surface area contributed by atoms with Crippen LogP contribution in [0.4, 0.5) is 5.82 Å². The lowest BCUT2D eigenvalue weighted by Gasteiger charge is -2.17. The molecule has 1 saturated heterocycles. The maximum atomic E-state index is 12.3. The number of nitrogens with one attached hydrogen (secondary N) is 1. The average Bonchev–Trinajstić information content (AvgIpc) is 3.04. The lowest BCUT2D eigenvalue weighted by Crippen LogP contribution is -2.31. The molecule has 136 valence electrons. The molecule has 0 unspecified atom stereocenters. The van der Waals surface area contributed by atoms with Crippen molar-refractivity contribution in [1.29, 1.82) is 0 Å². The number of nitrogens with zero attached hydrogens (tertiary/aromatic N) is 2. The zero-order valence-corrected chi connectivity index (χ0v) is 14.6. The Morgan fingerprint density at radius 2 is 2.00 bits per heavy atom. The Bertz CT molecular complexity index is 766. The van der Waals surface area contributed by atoms with Crippen molar-refractivity contribution in [2.45, 2.75) is 6.42 Å². The standard InChI is InChI=1S/C19H21N3O4/c1-25-15-6-2-3-7-16(15)26-11-10-22-13-14(12-18(22)23)19(24)21-17-8-4-5-9-20-17/h2-9,14H,10-13H2,1H3,(H,20,21,24)/t14-/m1/s1. The number of aromatic nitrogens is 1. The molecule has 2 heterocycles. The van der Waals surface area contributed by atoms with Crippen LogP contribution in [0.2, 0.25) is 0 Å². The second-order valence-corrected chi connectivity index (χ2v) is 5.94. The number of anilines is 1. The molecule has 1 aliphatic rings. The van der Waals surface area contributed by atoms with Gasteiger partial charge in [-0.25, -0.2) is 4.98 Å². The van der Waals surface area contributed by atoms with Crippen LogP contribution in [0.1, 0.15) is 6.42 Å². The lowest BCUT2D eigenvalue weighted by atomic mass is 10.1. The minimum Gasteiger partial charge on any atom is -0.493 e. The van der Waals surface area contributed by atoms with Crippen molar-refractivity contribution in [1.82, 2.24) is 9.88 Å². The monoisotopic (exact) mass is 355 g/mol. The molecule has 7 nitrogen and oxygen atoms in total. The number of likely N-dealkylation sites (tertiary alicyclic amines) is 1. The highest BCUT2D eigenvalue weighted by Crippen LogP contribution is 2.26. The number of carbonyl (C=O) groups excluding carboxylic acids is 2. The second-order valence-electron chi connectivity index (χ2n) is 5.94. The summed E-state index contributed by atoms with van der Waals surface area (Å²) in [4.78, 5) is 30.2. The quantitative estimate of drug-likeness (QED) is 0.821. The van der Waals surface area contributed by atoms with Gasteiger partial charge in [0.05, 0.1) is 19.6 Å². The Morgan fingerprint density at radius 1 is 1.23 bits per heavy atom. The van der Waals surface area contributed by atoms with Crippen molar-refractivity contribution in [2.75, 3.05) is 32.1 Å². The van der Waals surface area contributed by atoms with Gasteiger partial charge in [-0.15, -0.1) is 0 Å². The second kappa shape index (κ2) is 8.33. The number of carbonyl (C=O) groups is 2. The molecule has 1 atom stereocenters. The molecular formula is C19H21N3O4. The fraction of sp³-hybridized carbons (Fsp3) is 0.316. The van der Waals surface area contributed by atoms with Crippen molar-refractivity contribution in [3.63, 3.8) is 0 Å². The average molecular weight is 355 g/mol. The van der Waals surface area contributed by atoms with E-state index in [4.69, 9.17) is 9.47 Å². The number of methoxy groups -OCH3 is 1. The molecule has 0 bridgehead atoms. The van der Waals surface area contributed by atoms with Crippen molar-refractivity contribution in [3.05, 3.63) is 48.7 Å². The Labute approximate surface area is 151 Å². The summed E-state index contributed by atoms with van der Waals surface area (Å²) < 4.78 is 10.9. The van der Waals surface area contributed by atoms with Crippen molar-refractivity contribution < 1.29 is 19.1 Å². The van der Waals surface area contributed by atoms with E-state index >= 15 is 0 Å². The molecule has 0 spiro atoms. The van der Waals surface area contributed by atoms with Crippen LogP contribution < -0.4 is 14.8 Å². The molecule has 7 heteroatoms. The van der Waals surface area contributed by atoms with Crippen LogP contribution in [0, 0.1) is 5.92 Å². The Hall–Kier alpha value is -3.09. The van der Waals surface area contributed by atoms with Gasteiger partial charge in [0.25, 0.3) is 0 Å². The van der Waals surface area contributed by atoms with Gasteiger partial charge in [-0.2, -0.15) is 0 Å². The zero-order valence-electron chi connectivity index (χ0n) is 14.6. The summed E-state index contributed by atoms with van der Waals surface area (Å²) in [5.74, 6) is 1.15. The van der Waals surface area contributed by atoms with Gasteiger partial charge in [0.15, 0.2) is 11.5 Å². The van der Waals surface area contributed by atoms with Gasteiger partial charge in [-0.1, -0.05) is 18.2 Å². The lowest BCUT2D eigenvalue weighted by molar-refractivity contribution is -0.128. The van der Waals surface area contributed by atoms with Crippen LogP contribution in [0.3, 0.4) is 0 Å². The fourth-order valence-corrected chi connectivity index (χ4v) is 2.83. The molecule has 1 aromatic heterocycles. The normalized spacial score (nSPS) is 16.4. The van der Waals surface area contributed by atoms with Gasteiger partial charge >= 0.3 is 0 Å². The van der Waals surface area contributed by atoms with Crippen LogP contribution in [0.5, 0.6) is 11.5 Å².